The van der Waals surface area contributed by atoms with Gasteiger partial charge < -0.3 is 9.53 Å². The van der Waals surface area contributed by atoms with Gasteiger partial charge in [-0.05, 0) is 18.9 Å². The third kappa shape index (κ3) is 7.91. The van der Waals surface area contributed by atoms with Gasteiger partial charge in [0.15, 0.2) is 0 Å². The molecule has 0 heterocycles. The number of ether oxygens (including phenoxy) is 1. The van der Waals surface area contributed by atoms with Crippen LogP contribution in [0.5, 0.6) is 0 Å². The van der Waals surface area contributed by atoms with Gasteiger partial charge in [0.1, 0.15) is 0 Å². The topological polar surface area (TPSA) is 26.3 Å². The van der Waals surface area contributed by atoms with E-state index in [0.29, 0.717) is 0 Å². The Morgan fingerprint density at radius 2 is 1.79 bits per heavy atom. The number of hydrogen-bond acceptors (Lipinski definition) is 2. The van der Waals surface area contributed by atoms with Gasteiger partial charge >= 0.3 is 0 Å². The van der Waals surface area contributed by atoms with Crippen LogP contribution in [0.1, 0.15) is 16.7 Å². The van der Waals surface area contributed by atoms with Crippen LogP contribution in [0.2, 0.25) is 0 Å². The number of methoxy groups -OCH3 is 1. The predicted molar refractivity (Wildman–Crippen MR) is 72.0 cm³/mol. The van der Waals surface area contributed by atoms with E-state index in [2.05, 4.69) is 54.1 Å². The standard InChI is InChI=1S/C14H13.C2H3O2.Y/c1-12-7-9-14(10-8-12)11-13-5-3-2-4-6-13;1-4-2-3;/h2-5,7-10H,11H2,1H3;1H3;/q2*-1;. The second-order valence-corrected chi connectivity index (χ2v) is 3.84. The fourth-order valence-electron chi connectivity index (χ4n) is 1.47. The summed E-state index contributed by atoms with van der Waals surface area (Å²) in [5.41, 5.74) is 3.90. The van der Waals surface area contributed by atoms with E-state index in [9.17, 15) is 0 Å². The number of aryl methyl sites for hydroxylation is 1. The van der Waals surface area contributed by atoms with Gasteiger partial charge in [-0.15, -0.1) is 0 Å². The Kier molecular flexibility index (Phi) is 10.3. The molecule has 3 heteroatoms. The minimum atomic E-state index is 0. The van der Waals surface area contributed by atoms with Crippen molar-refractivity contribution in [3.05, 3.63) is 71.3 Å². The molecule has 2 aromatic rings. The molecule has 0 aliphatic carbocycles. The third-order valence-corrected chi connectivity index (χ3v) is 2.37. The molecule has 0 atom stereocenters. The first-order valence-electron chi connectivity index (χ1n) is 5.67. The monoisotopic (exact) mass is 329 g/mol. The maximum absolute atomic E-state index is 8.83. The molecule has 0 aliphatic rings. The minimum Gasteiger partial charge on any atom is -0.655 e. The van der Waals surface area contributed by atoms with E-state index < -0.39 is 0 Å². The maximum Gasteiger partial charge on any atom is 0.0362 e. The minimum absolute atomic E-state index is 0. The summed E-state index contributed by atoms with van der Waals surface area (Å²) < 4.78 is 3.74. The second-order valence-electron chi connectivity index (χ2n) is 3.84. The Morgan fingerprint density at radius 3 is 2.26 bits per heavy atom. The Labute approximate surface area is 140 Å². The molecule has 0 fully saturated rings. The molecular formula is C16H16O2Y-2. The van der Waals surface area contributed by atoms with Crippen LogP contribution in [0.15, 0.2) is 48.5 Å². The molecule has 0 bridgehead atoms. The molecule has 97 valence electrons. The van der Waals surface area contributed by atoms with Crippen molar-refractivity contribution >= 4 is 6.47 Å². The summed E-state index contributed by atoms with van der Waals surface area (Å²) in [4.78, 5) is 8.83. The quantitative estimate of drug-likeness (QED) is 0.809. The van der Waals surface area contributed by atoms with Gasteiger partial charge in [0.2, 0.25) is 0 Å². The molecule has 0 amide bonds. The second kappa shape index (κ2) is 10.9. The largest absolute Gasteiger partial charge is 0.655 e. The SMILES string of the molecule is CO[C-]=O.Cc1ccc(Cc2[c-]cccc2)cc1.[Y]. The van der Waals surface area contributed by atoms with Crippen LogP contribution in [0.4, 0.5) is 0 Å². The van der Waals surface area contributed by atoms with Crippen LogP contribution in [0.25, 0.3) is 0 Å². The van der Waals surface area contributed by atoms with Crippen molar-refractivity contribution in [1.29, 1.82) is 0 Å². The Balaban J connectivity index is 0.000000576. The first-order chi connectivity index (χ1) is 8.76. The summed E-state index contributed by atoms with van der Waals surface area (Å²) in [6, 6.07) is 20.0. The molecule has 19 heavy (non-hydrogen) atoms. The Bertz CT molecular complexity index is 452. The number of benzene rings is 2. The average molecular weight is 329 g/mol. The summed E-state index contributed by atoms with van der Waals surface area (Å²) in [5.74, 6) is 0. The van der Waals surface area contributed by atoms with Crippen molar-refractivity contribution in [3.8, 4) is 0 Å². The zero-order valence-corrected chi connectivity index (χ0v) is 14.1. The fourth-order valence-corrected chi connectivity index (χ4v) is 1.47. The molecule has 0 spiro atoms. The zero-order valence-electron chi connectivity index (χ0n) is 11.2. The molecule has 2 rings (SSSR count). The normalized spacial score (nSPS) is 8.53. The number of carbonyl (C=O) groups excluding carboxylic acids is 1. The van der Waals surface area contributed by atoms with E-state index in [-0.39, 0.29) is 32.7 Å². The van der Waals surface area contributed by atoms with Crippen molar-refractivity contribution in [2.24, 2.45) is 0 Å². The van der Waals surface area contributed by atoms with Gasteiger partial charge in [-0.2, -0.15) is 35.9 Å². The van der Waals surface area contributed by atoms with E-state index in [1.54, 1.807) is 0 Å². The molecular weight excluding hydrogens is 313 g/mol. The van der Waals surface area contributed by atoms with Gasteiger partial charge in [0.05, 0.1) is 0 Å². The van der Waals surface area contributed by atoms with Crippen LogP contribution in [-0.4, -0.2) is 13.6 Å². The van der Waals surface area contributed by atoms with Crippen molar-refractivity contribution < 1.29 is 42.2 Å². The van der Waals surface area contributed by atoms with Crippen molar-refractivity contribution in [2.75, 3.05) is 7.11 Å². The van der Waals surface area contributed by atoms with Gasteiger partial charge in [-0.3, -0.25) is 0 Å². The molecule has 0 saturated heterocycles. The molecule has 1 radical (unpaired) electrons. The first kappa shape index (κ1) is 18.0. The fraction of sp³-hybridized carbons (Fsp3) is 0.188. The molecule has 2 nitrogen and oxygen atoms in total. The molecule has 0 unspecified atom stereocenters. The number of rotatable bonds is 3. The van der Waals surface area contributed by atoms with Crippen molar-refractivity contribution in [1.82, 2.24) is 0 Å². The van der Waals surface area contributed by atoms with Crippen LogP contribution in [0.3, 0.4) is 0 Å². The zero-order chi connectivity index (χ0) is 13.2. The first-order valence-corrected chi connectivity index (χ1v) is 5.67. The Hall–Kier alpha value is -0.986. The van der Waals surface area contributed by atoms with Crippen LogP contribution in [-0.2, 0) is 48.7 Å². The smallest absolute Gasteiger partial charge is 0.0362 e. The van der Waals surface area contributed by atoms with E-state index in [1.807, 2.05) is 12.1 Å². The average Bonchev–Trinajstić information content (AvgIpc) is 2.43. The third-order valence-electron chi connectivity index (χ3n) is 2.37. The van der Waals surface area contributed by atoms with Gasteiger partial charge in [0.25, 0.3) is 0 Å². The van der Waals surface area contributed by atoms with Gasteiger partial charge in [-0.1, -0.05) is 36.3 Å². The molecule has 2 aromatic carbocycles. The molecule has 0 N–H and O–H groups in total. The van der Waals surface area contributed by atoms with E-state index in [0.717, 1.165) is 6.42 Å². The van der Waals surface area contributed by atoms with Crippen LogP contribution < -0.4 is 0 Å². The van der Waals surface area contributed by atoms with E-state index in [4.69, 9.17) is 4.79 Å². The predicted octanol–water partition coefficient (Wildman–Crippen LogP) is 3.08. The van der Waals surface area contributed by atoms with Crippen molar-refractivity contribution in [3.63, 3.8) is 0 Å². The number of hydrogen-bond donors (Lipinski definition) is 0. The maximum atomic E-state index is 8.83. The van der Waals surface area contributed by atoms with Crippen molar-refractivity contribution in [2.45, 2.75) is 13.3 Å². The van der Waals surface area contributed by atoms with Crippen LogP contribution in [0, 0.1) is 13.0 Å². The van der Waals surface area contributed by atoms with Crippen LogP contribution >= 0.6 is 0 Å². The van der Waals surface area contributed by atoms with Gasteiger partial charge in [-0.25, -0.2) is 0 Å². The summed E-state index contributed by atoms with van der Waals surface area (Å²) in [6.45, 7) is 3.29. The molecule has 0 aromatic heterocycles. The Morgan fingerprint density at radius 1 is 1.16 bits per heavy atom. The summed E-state index contributed by atoms with van der Waals surface area (Å²) >= 11 is 0. The summed E-state index contributed by atoms with van der Waals surface area (Å²) in [6.07, 6.45) is 0.973. The summed E-state index contributed by atoms with van der Waals surface area (Å²) in [5, 5.41) is 0. The molecule has 0 saturated carbocycles. The summed E-state index contributed by atoms with van der Waals surface area (Å²) in [7, 11) is 1.26. The van der Waals surface area contributed by atoms with E-state index in [1.165, 1.54) is 30.3 Å². The van der Waals surface area contributed by atoms with Gasteiger partial charge in [0, 0.05) is 39.8 Å². The van der Waals surface area contributed by atoms with E-state index >= 15 is 0 Å². The molecule has 0 aliphatic heterocycles.